The number of hydrogen-bond acceptors (Lipinski definition) is 4. The van der Waals surface area contributed by atoms with Crippen molar-refractivity contribution in [2.75, 3.05) is 27.2 Å². The van der Waals surface area contributed by atoms with E-state index in [1.165, 1.54) is 35.2 Å². The van der Waals surface area contributed by atoms with E-state index in [1.54, 1.807) is 19.2 Å². The molecular weight excluding hydrogens is 412 g/mol. The van der Waals surface area contributed by atoms with Crippen molar-refractivity contribution in [3.8, 4) is 17.3 Å². The Bertz CT molecular complexity index is 1100. The summed E-state index contributed by atoms with van der Waals surface area (Å²) in [4.78, 5) is 15.9. The van der Waals surface area contributed by atoms with Crippen molar-refractivity contribution in [3.05, 3.63) is 77.0 Å². The SMILES string of the molecule is CN(CCCc1cc(-c2ccc(F)cc2)n[nH]1)CC(=O)N(C)Cc1cc(C#N)ccc1F. The highest BCUT2D eigenvalue weighted by Gasteiger charge is 2.14. The van der Waals surface area contributed by atoms with Gasteiger partial charge in [-0.2, -0.15) is 10.4 Å². The Morgan fingerprint density at radius 1 is 1.12 bits per heavy atom. The van der Waals surface area contributed by atoms with Gasteiger partial charge in [-0.1, -0.05) is 0 Å². The average molecular weight is 437 g/mol. The van der Waals surface area contributed by atoms with E-state index in [2.05, 4.69) is 10.2 Å². The molecule has 166 valence electrons. The molecular formula is C24H25F2N5O. The number of aryl methyl sites for hydroxylation is 1. The van der Waals surface area contributed by atoms with Crippen LogP contribution < -0.4 is 0 Å². The number of rotatable bonds is 9. The molecule has 2 aromatic carbocycles. The smallest absolute Gasteiger partial charge is 0.236 e. The summed E-state index contributed by atoms with van der Waals surface area (Å²) in [6.45, 7) is 1.01. The second-order valence-corrected chi connectivity index (χ2v) is 7.79. The van der Waals surface area contributed by atoms with Gasteiger partial charge in [-0.3, -0.25) is 14.8 Å². The van der Waals surface area contributed by atoms with Crippen molar-refractivity contribution >= 4 is 5.91 Å². The summed E-state index contributed by atoms with van der Waals surface area (Å²) in [5, 5.41) is 16.2. The molecule has 0 spiro atoms. The van der Waals surface area contributed by atoms with Crippen LogP contribution in [0.15, 0.2) is 48.5 Å². The molecule has 0 aliphatic carbocycles. The van der Waals surface area contributed by atoms with E-state index < -0.39 is 5.82 Å². The van der Waals surface area contributed by atoms with Crippen LogP contribution in [0, 0.1) is 23.0 Å². The van der Waals surface area contributed by atoms with Crippen LogP contribution in [0.25, 0.3) is 11.3 Å². The lowest BCUT2D eigenvalue weighted by Gasteiger charge is -2.22. The third-order valence-corrected chi connectivity index (χ3v) is 5.17. The number of carbonyl (C=O) groups is 1. The van der Waals surface area contributed by atoms with Gasteiger partial charge in [0.1, 0.15) is 11.6 Å². The Hall–Kier alpha value is -3.57. The maximum Gasteiger partial charge on any atom is 0.236 e. The summed E-state index contributed by atoms with van der Waals surface area (Å²) in [5.74, 6) is -0.848. The first-order chi connectivity index (χ1) is 15.4. The molecule has 0 atom stereocenters. The number of likely N-dealkylation sites (N-methyl/N-ethyl adjacent to an activating group) is 2. The standard InChI is InChI=1S/C24H25F2N5O/c1-30(16-24(32)31(2)15-19-12-17(14-27)5-10-22(19)26)11-3-4-21-13-23(29-28-21)18-6-8-20(25)9-7-18/h5-10,12-13H,3-4,11,15-16H2,1-2H3,(H,28,29). The van der Waals surface area contributed by atoms with Gasteiger partial charge in [0.05, 0.1) is 23.9 Å². The number of benzene rings is 2. The highest BCUT2D eigenvalue weighted by molar-refractivity contribution is 5.78. The van der Waals surface area contributed by atoms with Crippen LogP contribution in [0.4, 0.5) is 8.78 Å². The van der Waals surface area contributed by atoms with Crippen LogP contribution in [0.1, 0.15) is 23.2 Å². The first kappa shape index (κ1) is 23.1. The zero-order valence-corrected chi connectivity index (χ0v) is 18.1. The van der Waals surface area contributed by atoms with E-state index in [4.69, 9.17) is 5.26 Å². The minimum Gasteiger partial charge on any atom is -0.340 e. The Balaban J connectivity index is 1.44. The summed E-state index contributed by atoms with van der Waals surface area (Å²) < 4.78 is 27.0. The molecule has 8 heteroatoms. The van der Waals surface area contributed by atoms with Crippen molar-refractivity contribution < 1.29 is 13.6 Å². The van der Waals surface area contributed by atoms with Crippen LogP contribution in [-0.4, -0.2) is 53.1 Å². The van der Waals surface area contributed by atoms with Crippen molar-refractivity contribution in [1.82, 2.24) is 20.0 Å². The Morgan fingerprint density at radius 2 is 1.88 bits per heavy atom. The lowest BCUT2D eigenvalue weighted by Crippen LogP contribution is -2.36. The van der Waals surface area contributed by atoms with Gasteiger partial charge in [0.25, 0.3) is 0 Å². The number of hydrogen-bond donors (Lipinski definition) is 1. The molecule has 1 amide bonds. The van der Waals surface area contributed by atoms with E-state index in [0.29, 0.717) is 17.7 Å². The second kappa shape index (κ2) is 10.6. The molecule has 0 fully saturated rings. The van der Waals surface area contributed by atoms with Crippen molar-refractivity contribution in [2.45, 2.75) is 19.4 Å². The summed E-state index contributed by atoms with van der Waals surface area (Å²) in [6, 6.07) is 14.2. The highest BCUT2D eigenvalue weighted by Crippen LogP contribution is 2.18. The van der Waals surface area contributed by atoms with E-state index in [1.807, 2.05) is 24.1 Å². The van der Waals surface area contributed by atoms with Crippen LogP contribution >= 0.6 is 0 Å². The van der Waals surface area contributed by atoms with E-state index in [-0.39, 0.29) is 24.8 Å². The number of amides is 1. The normalized spacial score (nSPS) is 10.9. The minimum absolute atomic E-state index is 0.105. The number of nitrogens with zero attached hydrogens (tertiary/aromatic N) is 4. The fourth-order valence-corrected chi connectivity index (χ4v) is 3.34. The molecule has 1 aromatic heterocycles. The molecule has 3 rings (SSSR count). The van der Waals surface area contributed by atoms with Gasteiger partial charge in [-0.25, -0.2) is 8.78 Å². The highest BCUT2D eigenvalue weighted by atomic mass is 19.1. The number of aromatic amines is 1. The molecule has 0 unspecified atom stereocenters. The molecule has 0 aliphatic rings. The lowest BCUT2D eigenvalue weighted by molar-refractivity contribution is -0.131. The predicted octanol–water partition coefficient (Wildman–Crippen LogP) is 3.75. The van der Waals surface area contributed by atoms with Crippen molar-refractivity contribution in [2.24, 2.45) is 0 Å². The number of halogens is 2. The average Bonchev–Trinajstić information content (AvgIpc) is 3.24. The van der Waals surface area contributed by atoms with E-state index in [0.717, 1.165) is 29.8 Å². The third kappa shape index (κ3) is 6.22. The largest absolute Gasteiger partial charge is 0.340 e. The van der Waals surface area contributed by atoms with E-state index in [9.17, 15) is 13.6 Å². The zero-order valence-electron chi connectivity index (χ0n) is 18.1. The monoisotopic (exact) mass is 437 g/mol. The van der Waals surface area contributed by atoms with Gasteiger partial charge in [0, 0.05) is 30.4 Å². The fraction of sp³-hybridized carbons (Fsp3) is 0.292. The van der Waals surface area contributed by atoms with Gasteiger partial charge in [-0.15, -0.1) is 0 Å². The predicted molar refractivity (Wildman–Crippen MR) is 117 cm³/mol. The molecule has 3 aromatic rings. The van der Waals surface area contributed by atoms with Crippen LogP contribution in [0.3, 0.4) is 0 Å². The number of nitrogens with one attached hydrogen (secondary N) is 1. The first-order valence-corrected chi connectivity index (χ1v) is 10.3. The second-order valence-electron chi connectivity index (χ2n) is 7.79. The number of nitriles is 1. The van der Waals surface area contributed by atoms with Crippen molar-refractivity contribution in [3.63, 3.8) is 0 Å². The van der Waals surface area contributed by atoms with Gasteiger partial charge < -0.3 is 4.90 Å². The molecule has 32 heavy (non-hydrogen) atoms. The number of H-pyrrole nitrogens is 1. The quantitative estimate of drug-likeness (QED) is 0.553. The molecule has 0 radical (unpaired) electrons. The third-order valence-electron chi connectivity index (χ3n) is 5.17. The van der Waals surface area contributed by atoms with Crippen LogP contribution in [0.2, 0.25) is 0 Å². The maximum atomic E-state index is 14.0. The zero-order chi connectivity index (χ0) is 23.1. The first-order valence-electron chi connectivity index (χ1n) is 10.3. The van der Waals surface area contributed by atoms with Gasteiger partial charge >= 0.3 is 0 Å². The van der Waals surface area contributed by atoms with Crippen molar-refractivity contribution in [1.29, 1.82) is 5.26 Å². The molecule has 1 N–H and O–H groups in total. The summed E-state index contributed by atoms with van der Waals surface area (Å²) in [5.41, 5.74) is 3.25. The Kier molecular flexibility index (Phi) is 7.68. The Labute approximate surface area is 186 Å². The molecule has 0 saturated heterocycles. The lowest BCUT2D eigenvalue weighted by atomic mass is 10.1. The topological polar surface area (TPSA) is 76.0 Å². The molecule has 6 nitrogen and oxygen atoms in total. The van der Waals surface area contributed by atoms with Crippen LogP contribution in [-0.2, 0) is 17.8 Å². The van der Waals surface area contributed by atoms with Crippen LogP contribution in [0.5, 0.6) is 0 Å². The molecule has 0 aliphatic heterocycles. The number of aromatic nitrogens is 2. The molecule has 0 saturated carbocycles. The Morgan fingerprint density at radius 3 is 2.59 bits per heavy atom. The molecule has 0 bridgehead atoms. The summed E-state index contributed by atoms with van der Waals surface area (Å²) in [7, 11) is 3.48. The maximum absolute atomic E-state index is 14.0. The molecule has 1 heterocycles. The van der Waals surface area contributed by atoms with Gasteiger partial charge in [0.15, 0.2) is 0 Å². The minimum atomic E-state index is -0.434. The fourth-order valence-electron chi connectivity index (χ4n) is 3.34. The van der Waals surface area contributed by atoms with Gasteiger partial charge in [0.2, 0.25) is 5.91 Å². The number of carbonyl (C=O) groups excluding carboxylic acids is 1. The summed E-state index contributed by atoms with van der Waals surface area (Å²) >= 11 is 0. The summed E-state index contributed by atoms with van der Waals surface area (Å²) in [6.07, 6.45) is 1.58. The van der Waals surface area contributed by atoms with E-state index >= 15 is 0 Å². The van der Waals surface area contributed by atoms with Gasteiger partial charge in [-0.05, 0) is 75.0 Å².